The highest BCUT2D eigenvalue weighted by molar-refractivity contribution is 5.97. The summed E-state index contributed by atoms with van der Waals surface area (Å²) < 4.78 is 14.2. The Morgan fingerprint density at radius 2 is 1.83 bits per heavy atom. The number of hydrogen-bond acceptors (Lipinski definition) is 2. The highest BCUT2D eigenvalue weighted by Crippen LogP contribution is 2.66. The third-order valence-corrected chi connectivity index (χ3v) is 8.02. The zero-order valence-corrected chi connectivity index (χ0v) is 15.0. The molecule has 3 saturated carbocycles. The summed E-state index contributed by atoms with van der Waals surface area (Å²) in [5, 5.41) is 0. The molecule has 0 aliphatic heterocycles. The van der Waals surface area contributed by atoms with Gasteiger partial charge in [-0.1, -0.05) is 26.0 Å². The zero-order chi connectivity index (χ0) is 17.4. The third-order valence-electron chi connectivity index (χ3n) is 8.02. The number of ketones is 2. The van der Waals surface area contributed by atoms with Crippen LogP contribution in [0.25, 0.3) is 0 Å². The minimum Gasteiger partial charge on any atom is -0.296 e. The van der Waals surface area contributed by atoms with E-state index < -0.39 is 11.6 Å². The van der Waals surface area contributed by atoms with E-state index in [1.165, 1.54) is 5.57 Å². The van der Waals surface area contributed by atoms with E-state index in [4.69, 9.17) is 0 Å². The second-order valence-corrected chi connectivity index (χ2v) is 9.05. The van der Waals surface area contributed by atoms with Crippen LogP contribution in [0.3, 0.4) is 0 Å². The van der Waals surface area contributed by atoms with Crippen LogP contribution in [0.5, 0.6) is 0 Å². The third kappa shape index (κ3) is 1.82. The lowest BCUT2D eigenvalue weighted by atomic mass is 9.46. The van der Waals surface area contributed by atoms with Gasteiger partial charge in [-0.15, -0.1) is 0 Å². The van der Waals surface area contributed by atoms with Crippen LogP contribution in [-0.4, -0.2) is 17.7 Å². The van der Waals surface area contributed by atoms with Gasteiger partial charge in [-0.2, -0.15) is 0 Å². The van der Waals surface area contributed by atoms with Crippen molar-refractivity contribution in [2.75, 3.05) is 0 Å². The maximum absolute atomic E-state index is 14.2. The molecule has 130 valence electrons. The minimum absolute atomic E-state index is 0.0310. The van der Waals surface area contributed by atoms with Crippen LogP contribution in [0, 0.1) is 28.6 Å². The van der Waals surface area contributed by atoms with Crippen LogP contribution in [0.1, 0.15) is 59.3 Å². The monoisotopic (exact) mass is 330 g/mol. The first-order valence-corrected chi connectivity index (χ1v) is 9.31. The van der Waals surface area contributed by atoms with Crippen molar-refractivity contribution in [3.63, 3.8) is 0 Å². The molecule has 0 radical (unpaired) electrons. The van der Waals surface area contributed by atoms with Crippen LogP contribution >= 0.6 is 0 Å². The van der Waals surface area contributed by atoms with Crippen LogP contribution in [0.2, 0.25) is 0 Å². The Hall–Kier alpha value is -1.25. The molecular weight excluding hydrogens is 303 g/mol. The first kappa shape index (κ1) is 16.2. The summed E-state index contributed by atoms with van der Waals surface area (Å²) in [5.41, 5.74) is 2.62. The number of Topliss-reactive ketones (excluding diaryl/α,β-unsaturated/α-hetero) is 2. The van der Waals surface area contributed by atoms with Crippen molar-refractivity contribution in [1.82, 2.24) is 0 Å². The second kappa shape index (κ2) is 4.89. The zero-order valence-electron chi connectivity index (χ0n) is 15.0. The Morgan fingerprint density at radius 3 is 2.54 bits per heavy atom. The molecule has 0 N–H and O–H groups in total. The van der Waals surface area contributed by atoms with Crippen molar-refractivity contribution in [3.8, 4) is 0 Å². The van der Waals surface area contributed by atoms with E-state index in [0.717, 1.165) is 36.8 Å². The van der Waals surface area contributed by atoms with Gasteiger partial charge in [-0.3, -0.25) is 9.59 Å². The molecule has 4 aliphatic carbocycles. The van der Waals surface area contributed by atoms with E-state index in [-0.39, 0.29) is 22.9 Å². The summed E-state index contributed by atoms with van der Waals surface area (Å²) in [4.78, 5) is 24.6. The summed E-state index contributed by atoms with van der Waals surface area (Å²) in [7, 11) is 0. The quantitative estimate of drug-likeness (QED) is 0.651. The number of rotatable bonds is 0. The molecule has 0 amide bonds. The average Bonchev–Trinajstić information content (AvgIpc) is 2.75. The summed E-state index contributed by atoms with van der Waals surface area (Å²) in [6, 6.07) is 0. The van der Waals surface area contributed by atoms with Crippen LogP contribution in [0.4, 0.5) is 4.39 Å². The highest BCUT2D eigenvalue weighted by Gasteiger charge is 2.62. The van der Waals surface area contributed by atoms with Gasteiger partial charge in [-0.25, -0.2) is 4.39 Å². The van der Waals surface area contributed by atoms with E-state index in [9.17, 15) is 14.0 Å². The van der Waals surface area contributed by atoms with Gasteiger partial charge in [0.2, 0.25) is 0 Å². The molecule has 0 aromatic carbocycles. The standard InChI is InChI=1S/C21H27FO2/c1-11-9-13-14(20(3)8-6-17(23)12(2)18(11)20)5-7-21(4)15(13)10-16(22)19(21)24/h13-16H,1,5-10H2,2-4H3/t13-,14-,15+,16?,20-,21+/m1/s1. The van der Waals surface area contributed by atoms with Crippen molar-refractivity contribution in [3.05, 3.63) is 23.3 Å². The molecule has 3 heteroatoms. The Morgan fingerprint density at radius 1 is 1.12 bits per heavy atom. The fourth-order valence-electron chi connectivity index (χ4n) is 6.79. The smallest absolute Gasteiger partial charge is 0.173 e. The second-order valence-electron chi connectivity index (χ2n) is 9.05. The molecule has 4 aliphatic rings. The Labute approximate surface area is 143 Å². The molecule has 6 atom stereocenters. The predicted octanol–water partition coefficient (Wildman–Crippen LogP) is 4.59. The summed E-state index contributed by atoms with van der Waals surface area (Å²) in [6.45, 7) is 10.5. The Balaban J connectivity index is 1.79. The van der Waals surface area contributed by atoms with Gasteiger partial charge in [0.05, 0.1) is 0 Å². The van der Waals surface area contributed by atoms with Crippen molar-refractivity contribution in [2.24, 2.45) is 28.6 Å². The number of hydrogen-bond donors (Lipinski definition) is 0. The van der Waals surface area contributed by atoms with Gasteiger partial charge in [0.1, 0.15) is 0 Å². The summed E-state index contributed by atoms with van der Waals surface area (Å²) in [6.07, 6.45) is 3.15. The SMILES string of the molecule is C=C1C[C@@H]2[C@@H](CC[C@]3(C)C(=O)C(F)C[C@@H]23)[C@@]2(C)CCC(=O)C(C)=C12. The number of carbonyl (C=O) groups excluding carboxylic acids is 2. The molecule has 0 aromatic rings. The van der Waals surface area contributed by atoms with Gasteiger partial charge in [0.15, 0.2) is 17.7 Å². The molecule has 0 spiro atoms. The van der Waals surface area contributed by atoms with Crippen molar-refractivity contribution < 1.29 is 14.0 Å². The number of halogens is 1. The topological polar surface area (TPSA) is 34.1 Å². The van der Waals surface area contributed by atoms with E-state index in [1.54, 1.807) is 0 Å². The Kier molecular flexibility index (Phi) is 3.31. The molecule has 3 fully saturated rings. The van der Waals surface area contributed by atoms with Gasteiger partial charge < -0.3 is 0 Å². The largest absolute Gasteiger partial charge is 0.296 e. The molecule has 0 aromatic heterocycles. The van der Waals surface area contributed by atoms with Crippen LogP contribution < -0.4 is 0 Å². The number of fused-ring (bicyclic) bond motifs is 5. The molecule has 2 nitrogen and oxygen atoms in total. The first-order valence-electron chi connectivity index (χ1n) is 9.31. The lowest BCUT2D eigenvalue weighted by Gasteiger charge is -2.57. The van der Waals surface area contributed by atoms with Crippen LogP contribution in [0.15, 0.2) is 23.3 Å². The van der Waals surface area contributed by atoms with E-state index in [2.05, 4.69) is 13.5 Å². The highest BCUT2D eigenvalue weighted by atomic mass is 19.1. The maximum atomic E-state index is 14.2. The van der Waals surface area contributed by atoms with Gasteiger partial charge in [-0.05, 0) is 73.3 Å². The summed E-state index contributed by atoms with van der Waals surface area (Å²) >= 11 is 0. The molecular formula is C21H27FO2. The van der Waals surface area contributed by atoms with Crippen LogP contribution in [-0.2, 0) is 9.59 Å². The van der Waals surface area contributed by atoms with E-state index in [1.807, 2.05) is 13.8 Å². The fraction of sp³-hybridized carbons (Fsp3) is 0.714. The molecule has 0 heterocycles. The molecule has 4 rings (SSSR count). The number of carbonyl (C=O) groups is 2. The number of alkyl halides is 1. The predicted molar refractivity (Wildman–Crippen MR) is 91.1 cm³/mol. The lowest BCUT2D eigenvalue weighted by Crippen LogP contribution is -2.51. The average molecular weight is 330 g/mol. The van der Waals surface area contributed by atoms with E-state index >= 15 is 0 Å². The van der Waals surface area contributed by atoms with Gasteiger partial charge >= 0.3 is 0 Å². The normalized spacial score (nSPS) is 48.2. The van der Waals surface area contributed by atoms with Crippen molar-refractivity contribution in [2.45, 2.75) is 65.5 Å². The lowest BCUT2D eigenvalue weighted by molar-refractivity contribution is -0.134. The van der Waals surface area contributed by atoms with Crippen molar-refractivity contribution >= 4 is 11.6 Å². The van der Waals surface area contributed by atoms with Gasteiger partial charge in [0, 0.05) is 11.8 Å². The first-order chi connectivity index (χ1) is 11.2. The number of allylic oxidation sites excluding steroid dienone is 2. The Bertz CT molecular complexity index is 690. The molecule has 0 saturated heterocycles. The molecule has 0 bridgehead atoms. The van der Waals surface area contributed by atoms with Gasteiger partial charge in [0.25, 0.3) is 0 Å². The summed E-state index contributed by atoms with van der Waals surface area (Å²) in [5.74, 6) is 0.986. The maximum Gasteiger partial charge on any atom is 0.173 e. The molecule has 24 heavy (non-hydrogen) atoms. The van der Waals surface area contributed by atoms with E-state index in [0.29, 0.717) is 24.7 Å². The van der Waals surface area contributed by atoms with Crippen molar-refractivity contribution in [1.29, 1.82) is 0 Å². The minimum atomic E-state index is -1.29. The molecule has 1 unspecified atom stereocenters. The fourth-order valence-corrected chi connectivity index (χ4v) is 6.79.